The molecule has 4 unspecified atom stereocenters. The standard InChI is InChI=1S/C15H21Cl2NS2/c1-4-18-15(11-6-5-7-12(16)14(11)17)13-8-19-9(2)10(3)20-13/h5-7,9-10,13,15,18H,4,8H2,1-3H3. The third-order valence-corrected chi connectivity index (χ3v) is 8.01. The smallest absolute Gasteiger partial charge is 0.0640 e. The van der Waals surface area contributed by atoms with Crippen molar-refractivity contribution in [2.24, 2.45) is 0 Å². The number of hydrogen-bond acceptors (Lipinski definition) is 3. The molecule has 1 heterocycles. The monoisotopic (exact) mass is 349 g/mol. The summed E-state index contributed by atoms with van der Waals surface area (Å²) in [6.07, 6.45) is 0. The predicted octanol–water partition coefficient (Wildman–Crippen LogP) is 5.27. The van der Waals surface area contributed by atoms with E-state index >= 15 is 0 Å². The van der Waals surface area contributed by atoms with Crippen molar-refractivity contribution in [1.29, 1.82) is 0 Å². The Bertz CT molecular complexity index is 455. The third-order valence-electron chi connectivity index (χ3n) is 3.69. The molecular formula is C15H21Cl2NS2. The first-order valence-corrected chi connectivity index (χ1v) is 9.73. The summed E-state index contributed by atoms with van der Waals surface area (Å²) in [4.78, 5) is 0. The molecule has 4 atom stereocenters. The molecule has 1 fully saturated rings. The first-order valence-electron chi connectivity index (χ1n) is 6.99. The minimum absolute atomic E-state index is 0.263. The summed E-state index contributed by atoms with van der Waals surface area (Å²) in [6, 6.07) is 6.19. The molecule has 1 aliphatic rings. The van der Waals surface area contributed by atoms with Gasteiger partial charge in [0.15, 0.2) is 0 Å². The molecule has 0 saturated carbocycles. The van der Waals surface area contributed by atoms with Gasteiger partial charge in [-0.2, -0.15) is 23.5 Å². The fraction of sp³-hybridized carbons (Fsp3) is 0.600. The van der Waals surface area contributed by atoms with Gasteiger partial charge >= 0.3 is 0 Å². The molecule has 1 N–H and O–H groups in total. The zero-order chi connectivity index (χ0) is 14.7. The largest absolute Gasteiger partial charge is 0.309 e. The average Bonchev–Trinajstić information content (AvgIpc) is 2.43. The molecule has 1 aromatic carbocycles. The van der Waals surface area contributed by atoms with Crippen molar-refractivity contribution in [3.05, 3.63) is 33.8 Å². The second-order valence-corrected chi connectivity index (χ2v) is 8.91. The van der Waals surface area contributed by atoms with Crippen molar-refractivity contribution in [1.82, 2.24) is 5.32 Å². The van der Waals surface area contributed by atoms with Crippen LogP contribution in [0.3, 0.4) is 0 Å². The molecule has 0 spiro atoms. The highest BCUT2D eigenvalue weighted by Crippen LogP contribution is 2.43. The van der Waals surface area contributed by atoms with Crippen LogP contribution in [0, 0.1) is 0 Å². The van der Waals surface area contributed by atoms with Gasteiger partial charge in [-0.15, -0.1) is 0 Å². The first-order chi connectivity index (χ1) is 9.54. The molecular weight excluding hydrogens is 329 g/mol. The molecule has 0 amide bonds. The second kappa shape index (κ2) is 7.64. The molecule has 1 nitrogen and oxygen atoms in total. The molecule has 2 rings (SSSR count). The van der Waals surface area contributed by atoms with Crippen molar-refractivity contribution in [2.45, 2.75) is 42.6 Å². The van der Waals surface area contributed by atoms with Crippen LogP contribution in [0.5, 0.6) is 0 Å². The highest BCUT2D eigenvalue weighted by Gasteiger charge is 2.32. The van der Waals surface area contributed by atoms with Gasteiger partial charge in [-0.3, -0.25) is 0 Å². The van der Waals surface area contributed by atoms with Crippen molar-refractivity contribution in [3.63, 3.8) is 0 Å². The fourth-order valence-electron chi connectivity index (χ4n) is 2.40. The maximum Gasteiger partial charge on any atom is 0.0640 e. The van der Waals surface area contributed by atoms with Crippen molar-refractivity contribution >= 4 is 46.7 Å². The number of halogens is 2. The van der Waals surface area contributed by atoms with Crippen LogP contribution in [0.1, 0.15) is 32.4 Å². The van der Waals surface area contributed by atoms with E-state index in [0.29, 0.717) is 25.8 Å². The lowest BCUT2D eigenvalue weighted by Gasteiger charge is -2.36. The summed E-state index contributed by atoms with van der Waals surface area (Å²) in [6.45, 7) is 7.70. The first kappa shape index (κ1) is 16.8. The number of nitrogens with one attached hydrogen (secondary N) is 1. The summed E-state index contributed by atoms with van der Waals surface area (Å²) in [7, 11) is 0. The van der Waals surface area contributed by atoms with Crippen LogP contribution < -0.4 is 5.32 Å². The van der Waals surface area contributed by atoms with Crippen molar-refractivity contribution in [2.75, 3.05) is 12.3 Å². The zero-order valence-electron chi connectivity index (χ0n) is 12.0. The SMILES string of the molecule is CCNC(c1cccc(Cl)c1Cl)C1CSC(C)C(C)S1. The normalized spacial score (nSPS) is 28.4. The van der Waals surface area contributed by atoms with Gasteiger partial charge in [0.25, 0.3) is 0 Å². The van der Waals surface area contributed by atoms with Crippen LogP contribution in [-0.4, -0.2) is 28.0 Å². The Morgan fingerprint density at radius 1 is 1.30 bits per heavy atom. The molecule has 1 saturated heterocycles. The van der Waals surface area contributed by atoms with Crippen LogP contribution in [0.4, 0.5) is 0 Å². The molecule has 1 aliphatic heterocycles. The summed E-state index contributed by atoms with van der Waals surface area (Å²) in [5, 5.41) is 6.84. The summed E-state index contributed by atoms with van der Waals surface area (Å²) >= 11 is 16.7. The van der Waals surface area contributed by atoms with Gasteiger partial charge in [-0.25, -0.2) is 0 Å². The van der Waals surface area contributed by atoms with E-state index in [9.17, 15) is 0 Å². The van der Waals surface area contributed by atoms with Crippen LogP contribution in [0.15, 0.2) is 18.2 Å². The Kier molecular flexibility index (Phi) is 6.43. The molecule has 0 aromatic heterocycles. The number of benzene rings is 1. The molecule has 5 heteroatoms. The van der Waals surface area contributed by atoms with Gasteiger partial charge in [-0.05, 0) is 18.2 Å². The lowest BCUT2D eigenvalue weighted by molar-refractivity contribution is 0.548. The molecule has 1 aromatic rings. The maximum absolute atomic E-state index is 6.42. The predicted molar refractivity (Wildman–Crippen MR) is 95.6 cm³/mol. The van der Waals surface area contributed by atoms with E-state index < -0.39 is 0 Å². The lowest BCUT2D eigenvalue weighted by Crippen LogP contribution is -2.37. The van der Waals surface area contributed by atoms with Crippen LogP contribution >= 0.6 is 46.7 Å². The highest BCUT2D eigenvalue weighted by atomic mass is 35.5. The second-order valence-electron chi connectivity index (χ2n) is 5.10. The summed E-state index contributed by atoms with van der Waals surface area (Å²) in [5.74, 6) is 1.15. The highest BCUT2D eigenvalue weighted by molar-refractivity contribution is 8.07. The average molecular weight is 350 g/mol. The van der Waals surface area contributed by atoms with Gasteiger partial charge in [0, 0.05) is 27.5 Å². The minimum Gasteiger partial charge on any atom is -0.309 e. The number of rotatable bonds is 4. The Hall–Kier alpha value is 0.460. The number of hydrogen-bond donors (Lipinski definition) is 1. The van der Waals surface area contributed by atoms with Crippen molar-refractivity contribution < 1.29 is 0 Å². The van der Waals surface area contributed by atoms with Gasteiger partial charge in [0.1, 0.15) is 0 Å². The Balaban J connectivity index is 2.24. The van der Waals surface area contributed by atoms with E-state index in [1.54, 1.807) is 0 Å². The quantitative estimate of drug-likeness (QED) is 0.794. The van der Waals surface area contributed by atoms with E-state index in [0.717, 1.165) is 17.9 Å². The van der Waals surface area contributed by atoms with Gasteiger partial charge in [-0.1, -0.05) is 56.1 Å². The van der Waals surface area contributed by atoms with Crippen LogP contribution in [0.25, 0.3) is 0 Å². The Morgan fingerprint density at radius 2 is 2.05 bits per heavy atom. The number of thioether (sulfide) groups is 2. The molecule has 0 aliphatic carbocycles. The van der Waals surface area contributed by atoms with Gasteiger partial charge < -0.3 is 5.32 Å². The third kappa shape index (κ3) is 3.80. The van der Waals surface area contributed by atoms with Crippen LogP contribution in [0.2, 0.25) is 10.0 Å². The molecule has 20 heavy (non-hydrogen) atoms. The summed E-state index contributed by atoms with van der Waals surface area (Å²) in [5.41, 5.74) is 1.13. The maximum atomic E-state index is 6.42. The van der Waals surface area contributed by atoms with Gasteiger partial charge in [0.05, 0.1) is 10.0 Å². The minimum atomic E-state index is 0.263. The van der Waals surface area contributed by atoms with Crippen LogP contribution in [-0.2, 0) is 0 Å². The Labute approximate surface area is 140 Å². The van der Waals surface area contributed by atoms with E-state index in [4.69, 9.17) is 23.2 Å². The topological polar surface area (TPSA) is 12.0 Å². The van der Waals surface area contributed by atoms with Gasteiger partial charge in [0.2, 0.25) is 0 Å². The fourth-order valence-corrected chi connectivity index (χ4v) is 5.94. The zero-order valence-corrected chi connectivity index (χ0v) is 15.2. The van der Waals surface area contributed by atoms with Crippen molar-refractivity contribution in [3.8, 4) is 0 Å². The van der Waals surface area contributed by atoms with E-state index in [-0.39, 0.29) is 6.04 Å². The molecule has 112 valence electrons. The van der Waals surface area contributed by atoms with E-state index in [2.05, 4.69) is 55.7 Å². The lowest BCUT2D eigenvalue weighted by atomic mass is 10.0. The summed E-state index contributed by atoms with van der Waals surface area (Å²) < 4.78 is 0. The van der Waals surface area contributed by atoms with E-state index in [1.165, 1.54) is 0 Å². The molecule has 0 bridgehead atoms. The molecule has 0 radical (unpaired) electrons. The Morgan fingerprint density at radius 3 is 2.70 bits per heavy atom. The van der Waals surface area contributed by atoms with E-state index in [1.807, 2.05) is 12.1 Å².